The average molecular weight is 401 g/mol. The minimum absolute atomic E-state index is 0.114. The van der Waals surface area contributed by atoms with Crippen molar-refractivity contribution in [1.29, 1.82) is 0 Å². The fraction of sp³-hybridized carbons (Fsp3) is 0.350. The highest BCUT2D eigenvalue weighted by Gasteiger charge is 2.19. The molecule has 1 saturated carbocycles. The van der Waals surface area contributed by atoms with E-state index in [2.05, 4.69) is 15.3 Å². The van der Waals surface area contributed by atoms with E-state index >= 15 is 0 Å². The molecular weight excluding hydrogens is 380 g/mol. The first-order valence-corrected chi connectivity index (χ1v) is 9.42. The molecular formula is C20H21F2N5O2. The first-order valence-electron chi connectivity index (χ1n) is 9.42. The number of hydrogen-bond acceptors (Lipinski definition) is 6. The Labute approximate surface area is 165 Å². The predicted octanol–water partition coefficient (Wildman–Crippen LogP) is 3.41. The van der Waals surface area contributed by atoms with Crippen molar-refractivity contribution in [1.82, 2.24) is 14.6 Å². The van der Waals surface area contributed by atoms with Crippen LogP contribution in [-0.4, -0.2) is 34.8 Å². The molecule has 0 aliphatic heterocycles. The summed E-state index contributed by atoms with van der Waals surface area (Å²) in [5.74, 6) is -1.52. The van der Waals surface area contributed by atoms with Crippen molar-refractivity contribution in [3.8, 4) is 11.5 Å². The minimum Gasteiger partial charge on any atom is -0.448 e. The van der Waals surface area contributed by atoms with Crippen LogP contribution in [0.25, 0.3) is 11.0 Å². The van der Waals surface area contributed by atoms with Crippen LogP contribution in [0, 0.1) is 11.6 Å². The molecule has 0 unspecified atom stereocenters. The summed E-state index contributed by atoms with van der Waals surface area (Å²) >= 11 is 0. The van der Waals surface area contributed by atoms with Gasteiger partial charge in [0.25, 0.3) is 0 Å². The third kappa shape index (κ3) is 3.85. The van der Waals surface area contributed by atoms with E-state index in [0.717, 1.165) is 25.0 Å². The maximum Gasteiger partial charge on any atom is 0.313 e. The second kappa shape index (κ2) is 7.65. The van der Waals surface area contributed by atoms with Crippen molar-refractivity contribution in [3.05, 3.63) is 52.5 Å². The molecule has 1 N–H and O–H groups in total. The Morgan fingerprint density at radius 1 is 1.17 bits per heavy atom. The topological polar surface area (TPSA) is 72.3 Å². The highest BCUT2D eigenvalue weighted by Crippen LogP contribution is 2.26. The monoisotopic (exact) mass is 401 g/mol. The maximum absolute atomic E-state index is 14.0. The van der Waals surface area contributed by atoms with E-state index in [1.807, 2.05) is 0 Å². The van der Waals surface area contributed by atoms with Crippen molar-refractivity contribution in [2.24, 2.45) is 0 Å². The van der Waals surface area contributed by atoms with Gasteiger partial charge < -0.3 is 15.1 Å². The van der Waals surface area contributed by atoms with Gasteiger partial charge in [0.2, 0.25) is 5.95 Å². The Bertz CT molecular complexity index is 1110. The number of rotatable bonds is 5. The number of aromatic nitrogens is 3. The van der Waals surface area contributed by atoms with E-state index in [4.69, 9.17) is 4.74 Å². The number of nitrogens with zero attached hydrogens (tertiary/aromatic N) is 4. The third-order valence-corrected chi connectivity index (χ3v) is 4.89. The number of halogens is 2. The largest absolute Gasteiger partial charge is 0.448 e. The number of fused-ring (bicyclic) bond motifs is 1. The number of pyridine rings is 1. The fourth-order valence-corrected chi connectivity index (χ4v) is 3.50. The molecule has 1 aliphatic rings. The smallest absolute Gasteiger partial charge is 0.313 e. The lowest BCUT2D eigenvalue weighted by Gasteiger charge is -2.20. The van der Waals surface area contributed by atoms with Gasteiger partial charge in [-0.05, 0) is 31.0 Å². The van der Waals surface area contributed by atoms with Crippen LogP contribution in [0.4, 0.5) is 14.7 Å². The molecule has 7 nitrogen and oxygen atoms in total. The van der Waals surface area contributed by atoms with Crippen molar-refractivity contribution < 1.29 is 13.5 Å². The third-order valence-electron chi connectivity index (χ3n) is 4.89. The lowest BCUT2D eigenvalue weighted by Crippen LogP contribution is -2.37. The number of ether oxygens (including phenoxy) is 1. The molecule has 1 aromatic carbocycles. The number of nitrogens with one attached hydrogen (secondary N) is 1. The van der Waals surface area contributed by atoms with Crippen LogP contribution in [0.1, 0.15) is 25.7 Å². The van der Waals surface area contributed by atoms with Gasteiger partial charge in [0.15, 0.2) is 23.0 Å². The number of hydrogen-bond donors (Lipinski definition) is 1. The molecule has 0 radical (unpaired) electrons. The lowest BCUT2D eigenvalue weighted by atomic mass is 10.2. The van der Waals surface area contributed by atoms with Gasteiger partial charge in [-0.25, -0.2) is 13.8 Å². The van der Waals surface area contributed by atoms with E-state index in [1.54, 1.807) is 25.3 Å². The summed E-state index contributed by atoms with van der Waals surface area (Å²) in [6.07, 6.45) is 6.07. The molecule has 0 spiro atoms. The molecule has 4 rings (SSSR count). The van der Waals surface area contributed by atoms with Gasteiger partial charge in [0, 0.05) is 37.8 Å². The molecule has 0 atom stereocenters. The zero-order valence-electron chi connectivity index (χ0n) is 16.2. The van der Waals surface area contributed by atoms with Gasteiger partial charge in [-0.1, -0.05) is 12.8 Å². The molecule has 2 heterocycles. The second-order valence-corrected chi connectivity index (χ2v) is 7.25. The minimum atomic E-state index is -0.895. The van der Waals surface area contributed by atoms with Gasteiger partial charge in [-0.3, -0.25) is 4.79 Å². The lowest BCUT2D eigenvalue weighted by molar-refractivity contribution is 0.429. The van der Waals surface area contributed by atoms with E-state index in [9.17, 15) is 13.6 Å². The van der Waals surface area contributed by atoms with E-state index < -0.39 is 17.2 Å². The predicted molar refractivity (Wildman–Crippen MR) is 106 cm³/mol. The molecule has 152 valence electrons. The van der Waals surface area contributed by atoms with Crippen molar-refractivity contribution in [2.45, 2.75) is 31.7 Å². The van der Waals surface area contributed by atoms with Crippen LogP contribution in [-0.2, 0) is 0 Å². The summed E-state index contributed by atoms with van der Waals surface area (Å²) in [6.45, 7) is 0. The molecule has 0 amide bonds. The van der Waals surface area contributed by atoms with E-state index in [1.165, 1.54) is 23.6 Å². The molecule has 29 heavy (non-hydrogen) atoms. The molecule has 0 bridgehead atoms. The summed E-state index contributed by atoms with van der Waals surface area (Å²) in [6, 6.07) is 4.69. The van der Waals surface area contributed by atoms with Crippen LogP contribution in [0.15, 0.2) is 35.3 Å². The Kier molecular flexibility index (Phi) is 5.04. The van der Waals surface area contributed by atoms with Crippen LogP contribution < -0.4 is 20.6 Å². The van der Waals surface area contributed by atoms with Crippen LogP contribution in [0.2, 0.25) is 0 Å². The van der Waals surface area contributed by atoms with Gasteiger partial charge in [-0.15, -0.1) is 0 Å². The average Bonchev–Trinajstić information content (AvgIpc) is 3.17. The van der Waals surface area contributed by atoms with Crippen molar-refractivity contribution in [2.75, 3.05) is 24.4 Å². The summed E-state index contributed by atoms with van der Waals surface area (Å²) < 4.78 is 33.9. The summed E-state index contributed by atoms with van der Waals surface area (Å²) in [5, 5.41) is 5.42. The second-order valence-electron chi connectivity index (χ2n) is 7.25. The highest BCUT2D eigenvalue weighted by atomic mass is 19.1. The highest BCUT2D eigenvalue weighted by molar-refractivity contribution is 5.77. The summed E-state index contributed by atoms with van der Waals surface area (Å²) in [4.78, 5) is 21.8. The van der Waals surface area contributed by atoms with Crippen LogP contribution in [0.5, 0.6) is 11.5 Å². The molecule has 0 saturated heterocycles. The van der Waals surface area contributed by atoms with Gasteiger partial charge in [0.1, 0.15) is 5.82 Å². The Morgan fingerprint density at radius 2 is 1.93 bits per heavy atom. The van der Waals surface area contributed by atoms with Gasteiger partial charge >= 0.3 is 5.56 Å². The summed E-state index contributed by atoms with van der Waals surface area (Å²) in [5.41, 5.74) is -0.112. The zero-order chi connectivity index (χ0) is 20.5. The van der Waals surface area contributed by atoms with Crippen molar-refractivity contribution >= 4 is 17.0 Å². The van der Waals surface area contributed by atoms with Gasteiger partial charge in [-0.2, -0.15) is 9.66 Å². The van der Waals surface area contributed by atoms with Crippen molar-refractivity contribution in [3.63, 3.8) is 0 Å². The molecule has 3 aromatic rings. The normalized spacial score (nSPS) is 14.3. The zero-order valence-corrected chi connectivity index (χ0v) is 16.2. The summed E-state index contributed by atoms with van der Waals surface area (Å²) in [7, 11) is 3.38. The molecule has 2 aromatic heterocycles. The Morgan fingerprint density at radius 3 is 2.62 bits per heavy atom. The maximum atomic E-state index is 14.0. The first kappa shape index (κ1) is 19.1. The quantitative estimate of drug-likeness (QED) is 0.706. The standard InChI is InChI=1S/C20H21F2N5O2/c1-26(2)27-18-12(11-23-20(25-18)24-14-5-3-4-6-14)9-17(19(27)28)29-16-8-7-13(21)10-15(16)22/h7-11,14H,3-6H2,1-2H3,(H,23,24,25). The van der Waals surface area contributed by atoms with E-state index in [0.29, 0.717) is 29.1 Å². The van der Waals surface area contributed by atoms with Crippen LogP contribution in [0.3, 0.4) is 0 Å². The van der Waals surface area contributed by atoms with Gasteiger partial charge in [0.05, 0.1) is 0 Å². The number of anilines is 1. The molecule has 1 aliphatic carbocycles. The SMILES string of the molecule is CN(C)n1c(=O)c(Oc2ccc(F)cc2F)cc2cnc(NC3CCCC3)nc21. The van der Waals surface area contributed by atoms with E-state index in [-0.39, 0.29) is 11.5 Å². The molecule has 1 fully saturated rings. The Balaban J connectivity index is 1.76. The first-order chi connectivity index (χ1) is 13.9. The van der Waals surface area contributed by atoms with Crippen LogP contribution >= 0.6 is 0 Å². The molecule has 9 heteroatoms. The fourth-order valence-electron chi connectivity index (χ4n) is 3.50. The Hall–Kier alpha value is -3.23. The number of benzene rings is 1.